The van der Waals surface area contributed by atoms with E-state index in [1.165, 1.54) is 29.3 Å². The number of phenolic OH excluding ortho intramolecular Hbond substituents is 2. The molecule has 1 aromatic heterocycles. The molecule has 1 aromatic carbocycles. The van der Waals surface area contributed by atoms with Gasteiger partial charge in [0.15, 0.2) is 0 Å². The number of fused-ring (bicyclic) bond motifs is 1. The van der Waals surface area contributed by atoms with Gasteiger partial charge in [0.25, 0.3) is 0 Å². The van der Waals surface area contributed by atoms with E-state index < -0.39 is 0 Å². The summed E-state index contributed by atoms with van der Waals surface area (Å²) in [6, 6.07) is 7.21. The van der Waals surface area contributed by atoms with Crippen molar-refractivity contribution in [3.05, 3.63) is 45.6 Å². The first-order chi connectivity index (χ1) is 9.65. The zero-order valence-electron chi connectivity index (χ0n) is 11.5. The third-order valence-electron chi connectivity index (χ3n) is 3.98. The van der Waals surface area contributed by atoms with Crippen molar-refractivity contribution in [3.8, 4) is 11.5 Å². The number of hydrogen-bond acceptors (Lipinski definition) is 4. The average molecular weight is 289 g/mol. The number of nitrogens with one attached hydrogen (secondary N) is 1. The molecule has 1 aliphatic carbocycles. The highest BCUT2D eigenvalue weighted by molar-refractivity contribution is 7.10. The Morgan fingerprint density at radius 3 is 3.00 bits per heavy atom. The zero-order chi connectivity index (χ0) is 14.1. The van der Waals surface area contributed by atoms with Gasteiger partial charge in [-0.2, -0.15) is 0 Å². The molecule has 0 saturated carbocycles. The lowest BCUT2D eigenvalue weighted by Crippen LogP contribution is -2.27. The van der Waals surface area contributed by atoms with Crippen LogP contribution in [0, 0.1) is 0 Å². The molecule has 4 heteroatoms. The molecule has 3 rings (SSSR count). The second-order valence-corrected chi connectivity index (χ2v) is 6.38. The fourth-order valence-electron chi connectivity index (χ4n) is 2.94. The number of aryl methyl sites for hydroxylation is 1. The zero-order valence-corrected chi connectivity index (χ0v) is 12.3. The Balaban J connectivity index is 1.80. The van der Waals surface area contributed by atoms with Crippen molar-refractivity contribution in [1.29, 1.82) is 0 Å². The molecular formula is C16H19NO2S. The molecule has 106 valence electrons. The van der Waals surface area contributed by atoms with Crippen LogP contribution >= 0.6 is 11.3 Å². The van der Waals surface area contributed by atoms with E-state index >= 15 is 0 Å². The summed E-state index contributed by atoms with van der Waals surface area (Å²) in [7, 11) is 0. The molecule has 0 bridgehead atoms. The van der Waals surface area contributed by atoms with E-state index in [9.17, 15) is 10.2 Å². The number of thiophene rings is 1. The van der Waals surface area contributed by atoms with Crippen molar-refractivity contribution >= 4 is 11.3 Å². The van der Waals surface area contributed by atoms with Crippen molar-refractivity contribution < 1.29 is 10.2 Å². The average Bonchev–Trinajstić information content (AvgIpc) is 2.91. The van der Waals surface area contributed by atoms with E-state index in [2.05, 4.69) is 16.8 Å². The highest BCUT2D eigenvalue weighted by Gasteiger charge is 2.23. The molecule has 0 aliphatic heterocycles. The topological polar surface area (TPSA) is 52.5 Å². The van der Waals surface area contributed by atoms with Gasteiger partial charge in [-0.25, -0.2) is 0 Å². The quantitative estimate of drug-likeness (QED) is 0.751. The van der Waals surface area contributed by atoms with Crippen LogP contribution in [0.15, 0.2) is 29.6 Å². The lowest BCUT2D eigenvalue weighted by Gasteiger charge is -2.27. The molecule has 0 fully saturated rings. The Bertz CT molecular complexity index is 608. The van der Waals surface area contributed by atoms with Crippen LogP contribution in [0.4, 0.5) is 0 Å². The predicted molar refractivity (Wildman–Crippen MR) is 81.3 cm³/mol. The van der Waals surface area contributed by atoms with E-state index in [4.69, 9.17) is 0 Å². The second kappa shape index (κ2) is 5.46. The van der Waals surface area contributed by atoms with Crippen LogP contribution in [0.1, 0.15) is 47.9 Å². The van der Waals surface area contributed by atoms with E-state index in [1.54, 1.807) is 12.1 Å². The highest BCUT2D eigenvalue weighted by Crippen LogP contribution is 2.36. The Morgan fingerprint density at radius 1 is 1.30 bits per heavy atom. The van der Waals surface area contributed by atoms with Crippen LogP contribution < -0.4 is 5.32 Å². The number of aromatic hydroxyl groups is 2. The standard InChI is InChI=1S/C16H19NO2S/c1-10(13-9-11(18)5-6-15(13)19)17-14-3-2-4-16-12(14)7-8-20-16/h5-10,14,17-19H,2-4H2,1H3. The summed E-state index contributed by atoms with van der Waals surface area (Å²) in [6.45, 7) is 2.02. The highest BCUT2D eigenvalue weighted by atomic mass is 32.1. The largest absolute Gasteiger partial charge is 0.508 e. The molecule has 2 unspecified atom stereocenters. The molecule has 0 radical (unpaired) electrons. The summed E-state index contributed by atoms with van der Waals surface area (Å²) >= 11 is 1.83. The second-order valence-electron chi connectivity index (χ2n) is 5.38. The number of benzene rings is 1. The van der Waals surface area contributed by atoms with E-state index in [-0.39, 0.29) is 17.5 Å². The molecule has 2 atom stereocenters. The molecule has 0 spiro atoms. The third-order valence-corrected chi connectivity index (χ3v) is 4.98. The van der Waals surface area contributed by atoms with Crippen LogP contribution in [0.3, 0.4) is 0 Å². The van der Waals surface area contributed by atoms with Crippen LogP contribution in [0.25, 0.3) is 0 Å². The van der Waals surface area contributed by atoms with Gasteiger partial charge in [-0.15, -0.1) is 11.3 Å². The summed E-state index contributed by atoms with van der Waals surface area (Å²) in [5.74, 6) is 0.412. The molecular weight excluding hydrogens is 270 g/mol. The smallest absolute Gasteiger partial charge is 0.120 e. The molecule has 1 heterocycles. The number of rotatable bonds is 3. The Hall–Kier alpha value is -1.52. The summed E-state index contributed by atoms with van der Waals surface area (Å²) in [6.07, 6.45) is 3.49. The van der Waals surface area contributed by atoms with Gasteiger partial charge in [0.1, 0.15) is 11.5 Å². The minimum atomic E-state index is -0.00190. The molecule has 0 amide bonds. The van der Waals surface area contributed by atoms with Gasteiger partial charge in [-0.05, 0) is 61.4 Å². The Labute approximate surface area is 122 Å². The first kappa shape index (κ1) is 13.5. The molecule has 20 heavy (non-hydrogen) atoms. The van der Waals surface area contributed by atoms with Gasteiger partial charge in [-0.1, -0.05) is 0 Å². The maximum Gasteiger partial charge on any atom is 0.120 e. The van der Waals surface area contributed by atoms with Gasteiger partial charge in [0.2, 0.25) is 0 Å². The summed E-state index contributed by atoms with van der Waals surface area (Å²) < 4.78 is 0. The van der Waals surface area contributed by atoms with Crippen molar-refractivity contribution in [2.24, 2.45) is 0 Å². The Kier molecular flexibility index (Phi) is 3.68. The monoisotopic (exact) mass is 289 g/mol. The lowest BCUT2D eigenvalue weighted by molar-refractivity contribution is 0.398. The molecule has 3 N–H and O–H groups in total. The minimum Gasteiger partial charge on any atom is -0.508 e. The molecule has 1 aliphatic rings. The van der Waals surface area contributed by atoms with E-state index in [1.807, 2.05) is 18.3 Å². The van der Waals surface area contributed by atoms with Crippen LogP contribution in [-0.2, 0) is 6.42 Å². The molecule has 3 nitrogen and oxygen atoms in total. The van der Waals surface area contributed by atoms with E-state index in [0.29, 0.717) is 6.04 Å². The molecule has 2 aromatic rings. The first-order valence-electron chi connectivity index (χ1n) is 6.99. The van der Waals surface area contributed by atoms with Crippen LogP contribution in [0.2, 0.25) is 0 Å². The predicted octanol–water partition coefficient (Wildman–Crippen LogP) is 3.89. The van der Waals surface area contributed by atoms with Gasteiger partial charge >= 0.3 is 0 Å². The van der Waals surface area contributed by atoms with Crippen molar-refractivity contribution in [2.75, 3.05) is 0 Å². The van der Waals surface area contributed by atoms with Gasteiger partial charge in [-0.3, -0.25) is 0 Å². The number of hydrogen-bond donors (Lipinski definition) is 3. The van der Waals surface area contributed by atoms with Gasteiger partial charge in [0, 0.05) is 22.5 Å². The van der Waals surface area contributed by atoms with Gasteiger partial charge < -0.3 is 15.5 Å². The summed E-state index contributed by atoms with van der Waals surface area (Å²) in [4.78, 5) is 1.47. The fraction of sp³-hybridized carbons (Fsp3) is 0.375. The fourth-order valence-corrected chi connectivity index (χ4v) is 3.93. The van der Waals surface area contributed by atoms with Crippen molar-refractivity contribution in [1.82, 2.24) is 5.32 Å². The normalized spacial score (nSPS) is 19.6. The third kappa shape index (κ3) is 2.53. The maximum atomic E-state index is 9.94. The Morgan fingerprint density at radius 2 is 2.15 bits per heavy atom. The van der Waals surface area contributed by atoms with Gasteiger partial charge in [0.05, 0.1) is 0 Å². The minimum absolute atomic E-state index is 0.00190. The number of phenols is 2. The maximum absolute atomic E-state index is 9.94. The van der Waals surface area contributed by atoms with Crippen molar-refractivity contribution in [3.63, 3.8) is 0 Å². The van der Waals surface area contributed by atoms with Crippen LogP contribution in [-0.4, -0.2) is 10.2 Å². The van der Waals surface area contributed by atoms with Crippen molar-refractivity contribution in [2.45, 2.75) is 38.3 Å². The summed E-state index contributed by atoms with van der Waals surface area (Å²) in [5, 5.41) is 25.3. The lowest BCUT2D eigenvalue weighted by atomic mass is 9.92. The molecule has 0 saturated heterocycles. The first-order valence-corrected chi connectivity index (χ1v) is 7.87. The van der Waals surface area contributed by atoms with E-state index in [0.717, 1.165) is 12.0 Å². The van der Waals surface area contributed by atoms with Crippen LogP contribution in [0.5, 0.6) is 11.5 Å². The SMILES string of the molecule is CC(NC1CCCc2sccc21)c1cc(O)ccc1O. The summed E-state index contributed by atoms with van der Waals surface area (Å²) in [5.41, 5.74) is 2.14.